The summed E-state index contributed by atoms with van der Waals surface area (Å²) in [5.41, 5.74) is 6.47. The second-order valence-corrected chi connectivity index (χ2v) is 10.9. The first-order chi connectivity index (χ1) is 22.1. The van der Waals surface area contributed by atoms with Crippen molar-refractivity contribution in [1.29, 1.82) is 0 Å². The van der Waals surface area contributed by atoms with Crippen LogP contribution in [0.3, 0.4) is 0 Å². The summed E-state index contributed by atoms with van der Waals surface area (Å²) in [6.07, 6.45) is 1.47. The molecule has 1 aliphatic heterocycles. The number of allylic oxidation sites excluding steroid dienone is 1. The van der Waals surface area contributed by atoms with Gasteiger partial charge in [-0.3, -0.25) is 4.79 Å². The summed E-state index contributed by atoms with van der Waals surface area (Å²) in [6, 6.07) is 15.2. The second-order valence-electron chi connectivity index (χ2n) is 10.1. The molecule has 1 aliphatic rings. The van der Waals surface area contributed by atoms with E-state index in [0.29, 0.717) is 45.2 Å². The van der Waals surface area contributed by atoms with Gasteiger partial charge in [0.25, 0.3) is 5.91 Å². The number of urea groups is 1. The third-order valence-electron chi connectivity index (χ3n) is 6.80. The van der Waals surface area contributed by atoms with Crippen LogP contribution >= 0.6 is 15.9 Å². The van der Waals surface area contributed by atoms with E-state index in [0.717, 1.165) is 11.1 Å². The van der Waals surface area contributed by atoms with Crippen LogP contribution in [0.1, 0.15) is 42.1 Å². The van der Waals surface area contributed by atoms with Crippen LogP contribution < -0.4 is 35.0 Å². The number of carbonyl (C=O) groups excluding carboxylic acids is 3. The highest BCUT2D eigenvalue weighted by molar-refractivity contribution is 9.10. The van der Waals surface area contributed by atoms with Crippen molar-refractivity contribution >= 4 is 40.1 Å². The highest BCUT2D eigenvalue weighted by atomic mass is 79.9. The van der Waals surface area contributed by atoms with Gasteiger partial charge in [0.05, 0.1) is 38.7 Å². The summed E-state index contributed by atoms with van der Waals surface area (Å²) >= 11 is 3.52. The van der Waals surface area contributed by atoms with Gasteiger partial charge in [0, 0.05) is 15.7 Å². The number of esters is 1. The Hall–Kier alpha value is -5.04. The Kier molecular flexibility index (Phi) is 11.6. The number of hydrogen-bond acceptors (Lipinski definition) is 9. The number of aryl methyl sites for hydroxylation is 1. The van der Waals surface area contributed by atoms with E-state index >= 15 is 0 Å². The van der Waals surface area contributed by atoms with Gasteiger partial charge in [0.2, 0.25) is 0 Å². The van der Waals surface area contributed by atoms with Crippen molar-refractivity contribution in [3.8, 4) is 23.0 Å². The molecular formula is C33H35BrN4O8. The normalized spacial score (nSPS) is 14.3. The minimum Gasteiger partial charge on any atom is -0.493 e. The highest BCUT2D eigenvalue weighted by Crippen LogP contribution is 2.35. The van der Waals surface area contributed by atoms with Crippen LogP contribution in [-0.4, -0.2) is 51.6 Å². The molecule has 3 aromatic rings. The predicted molar refractivity (Wildman–Crippen MR) is 174 cm³/mol. The van der Waals surface area contributed by atoms with Crippen molar-refractivity contribution in [1.82, 2.24) is 16.1 Å². The zero-order valence-corrected chi connectivity index (χ0v) is 27.6. The van der Waals surface area contributed by atoms with Gasteiger partial charge in [-0.2, -0.15) is 5.10 Å². The fourth-order valence-electron chi connectivity index (χ4n) is 4.64. The molecule has 3 aromatic carbocycles. The number of carbonyl (C=O) groups is 3. The predicted octanol–water partition coefficient (Wildman–Crippen LogP) is 5.07. The summed E-state index contributed by atoms with van der Waals surface area (Å²) in [5, 5.41) is 9.37. The Balaban J connectivity index is 1.38. The number of hydrazone groups is 1. The van der Waals surface area contributed by atoms with Crippen molar-refractivity contribution in [2.75, 3.05) is 27.4 Å². The van der Waals surface area contributed by atoms with Gasteiger partial charge in [-0.15, -0.1) is 0 Å². The molecule has 0 bridgehead atoms. The van der Waals surface area contributed by atoms with Crippen molar-refractivity contribution in [3.05, 3.63) is 92.6 Å². The SMILES string of the molecule is CCOC(=O)C1=C(C)NC(=O)N[C@@H]1c1ccc(OCC(=O)N/N=C\c2cc(OC)c(OCc3cccc(C)c3)cc2Br)c(OC)c1. The molecule has 0 saturated heterocycles. The van der Waals surface area contributed by atoms with Gasteiger partial charge >= 0.3 is 12.0 Å². The van der Waals surface area contributed by atoms with Crippen LogP contribution in [0.4, 0.5) is 4.79 Å². The highest BCUT2D eigenvalue weighted by Gasteiger charge is 2.32. The molecule has 3 N–H and O–H groups in total. The third-order valence-corrected chi connectivity index (χ3v) is 7.48. The molecule has 0 radical (unpaired) electrons. The Morgan fingerprint density at radius 2 is 1.74 bits per heavy atom. The molecule has 13 heteroatoms. The van der Waals surface area contributed by atoms with Crippen molar-refractivity contribution < 1.29 is 38.1 Å². The van der Waals surface area contributed by atoms with Crippen molar-refractivity contribution in [2.45, 2.75) is 33.4 Å². The molecule has 3 amide bonds. The molecule has 12 nitrogen and oxygen atoms in total. The third kappa shape index (κ3) is 8.57. The van der Waals surface area contributed by atoms with Gasteiger partial charge in [0.1, 0.15) is 6.61 Å². The van der Waals surface area contributed by atoms with Gasteiger partial charge in [-0.05, 0) is 72.1 Å². The van der Waals surface area contributed by atoms with Crippen LogP contribution in [0.2, 0.25) is 0 Å². The number of nitrogens with one attached hydrogen (secondary N) is 3. The lowest BCUT2D eigenvalue weighted by Gasteiger charge is -2.28. The molecule has 0 fully saturated rings. The molecule has 0 aromatic heterocycles. The van der Waals surface area contributed by atoms with E-state index in [1.165, 1.54) is 13.3 Å². The van der Waals surface area contributed by atoms with Crippen LogP contribution in [0.25, 0.3) is 0 Å². The minimum absolute atomic E-state index is 0.181. The zero-order chi connectivity index (χ0) is 33.2. The van der Waals surface area contributed by atoms with Gasteiger partial charge in [-0.1, -0.05) is 35.9 Å². The first-order valence-electron chi connectivity index (χ1n) is 14.3. The lowest BCUT2D eigenvalue weighted by Crippen LogP contribution is -2.45. The molecule has 4 rings (SSSR count). The number of methoxy groups -OCH3 is 2. The molecule has 0 unspecified atom stereocenters. The summed E-state index contributed by atoms with van der Waals surface area (Å²) in [7, 11) is 2.98. The molecule has 242 valence electrons. The number of benzene rings is 3. The Morgan fingerprint density at radius 1 is 0.978 bits per heavy atom. The van der Waals surface area contributed by atoms with E-state index < -0.39 is 23.9 Å². The number of nitrogens with zero attached hydrogens (tertiary/aromatic N) is 1. The lowest BCUT2D eigenvalue weighted by atomic mass is 9.95. The average molecular weight is 696 g/mol. The van der Waals surface area contributed by atoms with Crippen molar-refractivity contribution in [2.24, 2.45) is 5.10 Å². The zero-order valence-electron chi connectivity index (χ0n) is 26.1. The topological polar surface area (TPSA) is 146 Å². The summed E-state index contributed by atoms with van der Waals surface area (Å²) < 4.78 is 28.5. The summed E-state index contributed by atoms with van der Waals surface area (Å²) in [5.74, 6) is 0.558. The fourth-order valence-corrected chi connectivity index (χ4v) is 5.07. The standard InChI is InChI=1S/C33H35BrN4O8/c1-6-44-32(40)30-20(3)36-33(41)37-31(30)22-10-11-25(26(13-22)42-4)46-18-29(39)38-35-16-23-14-27(43-5)28(15-24(23)34)45-17-21-9-7-8-19(2)12-21/h7-16,31H,6,17-18H2,1-5H3,(H,38,39)(H2,36,37,41)/b35-16-/t31-/m1/s1. The van der Waals surface area contributed by atoms with Crippen LogP contribution in [-0.2, 0) is 20.9 Å². The van der Waals surface area contributed by atoms with Crippen molar-refractivity contribution in [3.63, 3.8) is 0 Å². The molecule has 0 saturated carbocycles. The molecule has 46 heavy (non-hydrogen) atoms. The number of halogens is 1. The van der Waals surface area contributed by atoms with E-state index in [-0.39, 0.29) is 24.5 Å². The maximum Gasteiger partial charge on any atom is 0.338 e. The van der Waals surface area contributed by atoms with Gasteiger partial charge in [-0.25, -0.2) is 15.0 Å². The Morgan fingerprint density at radius 3 is 2.46 bits per heavy atom. The van der Waals surface area contributed by atoms with E-state index in [1.54, 1.807) is 51.3 Å². The maximum atomic E-state index is 12.6. The Labute approximate surface area is 275 Å². The van der Waals surface area contributed by atoms with Crippen LogP contribution in [0.15, 0.2) is 75.4 Å². The van der Waals surface area contributed by atoms with E-state index in [2.05, 4.69) is 43.2 Å². The van der Waals surface area contributed by atoms with E-state index in [1.807, 2.05) is 25.1 Å². The number of ether oxygens (including phenoxy) is 5. The monoisotopic (exact) mass is 694 g/mol. The first kappa shape index (κ1) is 33.8. The lowest BCUT2D eigenvalue weighted by molar-refractivity contribution is -0.139. The van der Waals surface area contributed by atoms with E-state index in [9.17, 15) is 14.4 Å². The number of rotatable bonds is 13. The quantitative estimate of drug-likeness (QED) is 0.128. The second kappa shape index (κ2) is 15.8. The molecule has 1 atom stereocenters. The van der Waals surface area contributed by atoms with Crippen LogP contribution in [0, 0.1) is 6.92 Å². The summed E-state index contributed by atoms with van der Waals surface area (Å²) in [4.78, 5) is 37.3. The summed E-state index contributed by atoms with van der Waals surface area (Å²) in [6.45, 7) is 5.55. The largest absolute Gasteiger partial charge is 0.493 e. The maximum absolute atomic E-state index is 12.6. The molecule has 0 aliphatic carbocycles. The minimum atomic E-state index is -0.778. The molecule has 0 spiro atoms. The number of amides is 3. The van der Waals surface area contributed by atoms with E-state index in [4.69, 9.17) is 23.7 Å². The van der Waals surface area contributed by atoms with Gasteiger partial charge in [0.15, 0.2) is 29.6 Å². The molecular weight excluding hydrogens is 660 g/mol. The van der Waals surface area contributed by atoms with Crippen LogP contribution in [0.5, 0.6) is 23.0 Å². The Bertz CT molecular complexity index is 1670. The smallest absolute Gasteiger partial charge is 0.338 e. The average Bonchev–Trinajstić information content (AvgIpc) is 3.03. The fraction of sp³-hybridized carbons (Fsp3) is 0.273. The number of hydrogen-bond donors (Lipinski definition) is 3. The first-order valence-corrected chi connectivity index (χ1v) is 15.1. The van der Waals surface area contributed by atoms with Gasteiger partial charge < -0.3 is 34.3 Å². The molecule has 1 heterocycles.